The minimum atomic E-state index is -0.139. The van der Waals surface area contributed by atoms with Gasteiger partial charge in [0.15, 0.2) is 0 Å². The lowest BCUT2D eigenvalue weighted by Gasteiger charge is -2.14. The third kappa shape index (κ3) is 6.66. The second-order valence-electron chi connectivity index (χ2n) is 6.90. The maximum Gasteiger partial charge on any atom is 0.243 e. The van der Waals surface area contributed by atoms with Gasteiger partial charge in [-0.1, -0.05) is 30.3 Å². The molecule has 2 aromatic heterocycles. The predicted octanol–water partition coefficient (Wildman–Crippen LogP) is 3.87. The highest BCUT2D eigenvalue weighted by Gasteiger charge is 2.09. The Bertz CT molecular complexity index is 911. The number of ether oxygens (including phenoxy) is 3. The van der Waals surface area contributed by atoms with Gasteiger partial charge in [0.25, 0.3) is 0 Å². The van der Waals surface area contributed by atoms with Crippen LogP contribution in [-0.4, -0.2) is 46.6 Å². The van der Waals surface area contributed by atoms with Crippen molar-refractivity contribution in [3.8, 4) is 5.88 Å². The van der Waals surface area contributed by atoms with Crippen molar-refractivity contribution in [1.29, 1.82) is 0 Å². The number of carbonyl (C=O) groups is 1. The Balaban J connectivity index is 1.29. The Morgan fingerprint density at radius 1 is 1.14 bits per heavy atom. The molecule has 1 atom stereocenters. The molecule has 0 aliphatic heterocycles. The SMILES string of the molecule is CC(=O)n1cc2cc(OC(C)CCOCCCOCc3ccccc3)ncc2n1. The van der Waals surface area contributed by atoms with E-state index in [-0.39, 0.29) is 12.0 Å². The summed E-state index contributed by atoms with van der Waals surface area (Å²) in [6.45, 7) is 6.04. The number of fused-ring (bicyclic) bond motifs is 1. The minimum absolute atomic E-state index is 0.0304. The lowest BCUT2D eigenvalue weighted by molar-refractivity contribution is 0.0632. The molecule has 0 saturated carbocycles. The third-order valence-corrected chi connectivity index (χ3v) is 4.37. The van der Waals surface area contributed by atoms with E-state index in [2.05, 4.69) is 22.2 Å². The van der Waals surface area contributed by atoms with Gasteiger partial charge in [-0.25, -0.2) is 9.67 Å². The lowest BCUT2D eigenvalue weighted by Crippen LogP contribution is -2.15. The van der Waals surface area contributed by atoms with Crippen LogP contribution < -0.4 is 4.74 Å². The molecule has 0 aliphatic carbocycles. The van der Waals surface area contributed by atoms with Crippen molar-refractivity contribution in [2.75, 3.05) is 19.8 Å². The lowest BCUT2D eigenvalue weighted by atomic mass is 10.2. The van der Waals surface area contributed by atoms with E-state index in [9.17, 15) is 4.79 Å². The van der Waals surface area contributed by atoms with Gasteiger partial charge in [-0.05, 0) is 18.9 Å². The first-order valence-corrected chi connectivity index (χ1v) is 9.84. The number of hydrogen-bond donors (Lipinski definition) is 0. The van der Waals surface area contributed by atoms with Gasteiger partial charge in [-0.15, -0.1) is 0 Å². The zero-order valence-corrected chi connectivity index (χ0v) is 16.9. The summed E-state index contributed by atoms with van der Waals surface area (Å²) in [4.78, 5) is 15.7. The zero-order chi connectivity index (χ0) is 20.5. The first-order chi connectivity index (χ1) is 14.1. The van der Waals surface area contributed by atoms with Crippen LogP contribution in [0.4, 0.5) is 0 Å². The summed E-state index contributed by atoms with van der Waals surface area (Å²) in [5.41, 5.74) is 1.85. The van der Waals surface area contributed by atoms with Crippen LogP contribution in [0.3, 0.4) is 0 Å². The Kier molecular flexibility index (Phi) is 7.72. The molecule has 0 saturated heterocycles. The largest absolute Gasteiger partial charge is 0.475 e. The molecule has 7 nitrogen and oxygen atoms in total. The average Bonchev–Trinajstić information content (AvgIpc) is 3.14. The fraction of sp³-hybridized carbons (Fsp3) is 0.409. The number of aromatic nitrogens is 3. The van der Waals surface area contributed by atoms with Gasteiger partial charge in [-0.3, -0.25) is 4.79 Å². The highest BCUT2D eigenvalue weighted by molar-refractivity contribution is 5.84. The molecule has 0 bridgehead atoms. The van der Waals surface area contributed by atoms with Crippen molar-refractivity contribution >= 4 is 16.8 Å². The van der Waals surface area contributed by atoms with Gasteiger partial charge in [0, 0.05) is 44.2 Å². The fourth-order valence-corrected chi connectivity index (χ4v) is 2.78. The fourth-order valence-electron chi connectivity index (χ4n) is 2.78. The quantitative estimate of drug-likeness (QED) is 0.457. The molecule has 0 spiro atoms. The van der Waals surface area contributed by atoms with Gasteiger partial charge < -0.3 is 14.2 Å². The van der Waals surface area contributed by atoms with Crippen molar-refractivity contribution in [2.24, 2.45) is 0 Å². The van der Waals surface area contributed by atoms with Gasteiger partial charge in [-0.2, -0.15) is 5.10 Å². The molecule has 0 N–H and O–H groups in total. The third-order valence-electron chi connectivity index (χ3n) is 4.37. The van der Waals surface area contributed by atoms with Gasteiger partial charge in [0.05, 0.1) is 25.5 Å². The van der Waals surface area contributed by atoms with Crippen LogP contribution in [0.5, 0.6) is 5.88 Å². The summed E-state index contributed by atoms with van der Waals surface area (Å²) >= 11 is 0. The second kappa shape index (κ2) is 10.7. The second-order valence-corrected chi connectivity index (χ2v) is 6.90. The summed E-state index contributed by atoms with van der Waals surface area (Å²) in [5, 5.41) is 4.98. The number of carbonyl (C=O) groups excluding carboxylic acids is 1. The van der Waals surface area contributed by atoms with E-state index in [1.54, 1.807) is 18.5 Å². The summed E-state index contributed by atoms with van der Waals surface area (Å²) in [7, 11) is 0. The molecule has 7 heteroatoms. The van der Waals surface area contributed by atoms with Gasteiger partial charge in [0.2, 0.25) is 11.8 Å². The highest BCUT2D eigenvalue weighted by atomic mass is 16.5. The number of hydrogen-bond acceptors (Lipinski definition) is 6. The smallest absolute Gasteiger partial charge is 0.243 e. The Morgan fingerprint density at radius 2 is 1.93 bits per heavy atom. The molecule has 1 aromatic carbocycles. The first-order valence-electron chi connectivity index (χ1n) is 9.84. The predicted molar refractivity (Wildman–Crippen MR) is 110 cm³/mol. The van der Waals surface area contributed by atoms with E-state index in [4.69, 9.17) is 14.2 Å². The van der Waals surface area contributed by atoms with Crippen LogP contribution in [0.25, 0.3) is 10.9 Å². The number of pyridine rings is 1. The van der Waals surface area contributed by atoms with Crippen LogP contribution in [0.15, 0.2) is 48.8 Å². The molecule has 0 fully saturated rings. The van der Waals surface area contributed by atoms with Gasteiger partial charge in [0.1, 0.15) is 5.52 Å². The van der Waals surface area contributed by atoms with Crippen LogP contribution in [-0.2, 0) is 16.1 Å². The van der Waals surface area contributed by atoms with E-state index in [0.29, 0.717) is 37.8 Å². The summed E-state index contributed by atoms with van der Waals surface area (Å²) < 4.78 is 18.5. The molecule has 1 unspecified atom stereocenters. The first kappa shape index (κ1) is 21.0. The van der Waals surface area contributed by atoms with Crippen molar-refractivity contribution < 1.29 is 19.0 Å². The molecule has 2 heterocycles. The van der Waals surface area contributed by atoms with Crippen LogP contribution in [0.2, 0.25) is 0 Å². The maximum absolute atomic E-state index is 11.4. The van der Waals surface area contributed by atoms with Crippen molar-refractivity contribution in [2.45, 2.75) is 39.4 Å². The normalized spacial score (nSPS) is 12.2. The van der Waals surface area contributed by atoms with Crippen LogP contribution >= 0.6 is 0 Å². The van der Waals surface area contributed by atoms with Crippen LogP contribution in [0, 0.1) is 0 Å². The molecule has 154 valence electrons. The monoisotopic (exact) mass is 397 g/mol. The molecule has 3 rings (SSSR count). The molecule has 0 radical (unpaired) electrons. The van der Waals surface area contributed by atoms with E-state index < -0.39 is 0 Å². The summed E-state index contributed by atoms with van der Waals surface area (Å²) in [5.74, 6) is 0.377. The average molecular weight is 397 g/mol. The van der Waals surface area contributed by atoms with E-state index in [0.717, 1.165) is 18.2 Å². The number of rotatable bonds is 11. The topological polar surface area (TPSA) is 75.5 Å². The standard InChI is InChI=1S/C22H27N3O4/c1-17(9-12-27-10-6-11-28-16-19-7-4-3-5-8-19)29-22-13-20-15-25(18(2)26)24-21(20)14-23-22/h3-5,7-8,13-15,17H,6,9-12,16H2,1-2H3. The molecule has 3 aromatic rings. The maximum atomic E-state index is 11.4. The zero-order valence-electron chi connectivity index (χ0n) is 16.9. The molecule has 29 heavy (non-hydrogen) atoms. The van der Waals surface area contributed by atoms with E-state index >= 15 is 0 Å². The number of nitrogens with zero attached hydrogens (tertiary/aromatic N) is 3. The Morgan fingerprint density at radius 3 is 2.72 bits per heavy atom. The number of benzene rings is 1. The molecule has 0 aliphatic rings. The molecular weight excluding hydrogens is 370 g/mol. The molecular formula is C22H27N3O4. The Hall–Kier alpha value is -2.77. The van der Waals surface area contributed by atoms with E-state index in [1.807, 2.05) is 25.1 Å². The van der Waals surface area contributed by atoms with Crippen LogP contribution in [0.1, 0.15) is 37.0 Å². The van der Waals surface area contributed by atoms with Crippen molar-refractivity contribution in [3.63, 3.8) is 0 Å². The Labute approximate surface area is 170 Å². The summed E-state index contributed by atoms with van der Waals surface area (Å²) in [6, 6.07) is 11.9. The highest BCUT2D eigenvalue weighted by Crippen LogP contribution is 2.18. The van der Waals surface area contributed by atoms with Crippen molar-refractivity contribution in [1.82, 2.24) is 14.8 Å². The van der Waals surface area contributed by atoms with E-state index in [1.165, 1.54) is 17.2 Å². The summed E-state index contributed by atoms with van der Waals surface area (Å²) in [6.07, 6.45) is 4.89. The minimum Gasteiger partial charge on any atom is -0.475 e. The van der Waals surface area contributed by atoms with Crippen molar-refractivity contribution in [3.05, 3.63) is 54.4 Å². The van der Waals surface area contributed by atoms with Gasteiger partial charge >= 0.3 is 0 Å². The molecule has 0 amide bonds.